The molecule has 1 heterocycles. The molecular formula is C24H17F2N3O4. The first-order chi connectivity index (χ1) is 15.8. The van der Waals surface area contributed by atoms with Crippen LogP contribution in [0.1, 0.15) is 37.5 Å². The zero-order valence-corrected chi connectivity index (χ0v) is 17.1. The average Bonchev–Trinajstić information content (AvgIpc) is 3.04. The van der Waals surface area contributed by atoms with E-state index in [1.807, 2.05) is 0 Å². The van der Waals surface area contributed by atoms with Crippen molar-refractivity contribution in [2.75, 3.05) is 16.8 Å². The number of halogens is 2. The van der Waals surface area contributed by atoms with E-state index in [-0.39, 0.29) is 18.5 Å². The molecule has 0 atom stereocenters. The van der Waals surface area contributed by atoms with E-state index in [2.05, 4.69) is 10.6 Å². The van der Waals surface area contributed by atoms with Crippen molar-refractivity contribution in [3.8, 4) is 0 Å². The highest BCUT2D eigenvalue weighted by atomic mass is 19.1. The highest BCUT2D eigenvalue weighted by Crippen LogP contribution is 2.29. The van der Waals surface area contributed by atoms with E-state index in [0.29, 0.717) is 28.6 Å². The topological polar surface area (TPSA) is 95.6 Å². The molecule has 0 bridgehead atoms. The quantitative estimate of drug-likeness (QED) is 0.563. The minimum absolute atomic E-state index is 0.0837. The molecule has 0 unspecified atom stereocenters. The Labute approximate surface area is 187 Å². The Morgan fingerprint density at radius 2 is 1.55 bits per heavy atom. The zero-order valence-electron chi connectivity index (χ0n) is 17.1. The summed E-state index contributed by atoms with van der Waals surface area (Å²) in [5.74, 6) is -3.92. The molecule has 0 fully saturated rings. The van der Waals surface area contributed by atoms with Gasteiger partial charge < -0.3 is 10.6 Å². The SMILES string of the molecule is O=C(CCNC(=O)c1ccc(F)cc1F)Nc1cccc(N2C(=O)c3ccccc3C2=O)c1. The summed E-state index contributed by atoms with van der Waals surface area (Å²) < 4.78 is 26.6. The number of hydrogen-bond donors (Lipinski definition) is 2. The van der Waals surface area contributed by atoms with Gasteiger partial charge in [-0.15, -0.1) is 0 Å². The highest BCUT2D eigenvalue weighted by molar-refractivity contribution is 6.34. The van der Waals surface area contributed by atoms with E-state index in [1.165, 1.54) is 6.07 Å². The minimum Gasteiger partial charge on any atom is -0.351 e. The highest BCUT2D eigenvalue weighted by Gasteiger charge is 2.36. The fraction of sp³-hybridized carbons (Fsp3) is 0.0833. The van der Waals surface area contributed by atoms with E-state index in [4.69, 9.17) is 0 Å². The number of anilines is 2. The molecule has 0 aromatic heterocycles. The van der Waals surface area contributed by atoms with Crippen LogP contribution in [0.3, 0.4) is 0 Å². The van der Waals surface area contributed by atoms with Crippen LogP contribution in [0.2, 0.25) is 0 Å². The molecule has 7 nitrogen and oxygen atoms in total. The van der Waals surface area contributed by atoms with Gasteiger partial charge in [-0.25, -0.2) is 13.7 Å². The van der Waals surface area contributed by atoms with Gasteiger partial charge in [-0.3, -0.25) is 19.2 Å². The molecule has 166 valence electrons. The predicted molar refractivity (Wildman–Crippen MR) is 116 cm³/mol. The second-order valence-corrected chi connectivity index (χ2v) is 7.22. The maximum atomic E-state index is 13.7. The third kappa shape index (κ3) is 4.47. The second-order valence-electron chi connectivity index (χ2n) is 7.22. The van der Waals surface area contributed by atoms with Crippen LogP contribution in [-0.4, -0.2) is 30.2 Å². The summed E-state index contributed by atoms with van der Waals surface area (Å²) in [5, 5.41) is 5.02. The number of hydrogen-bond acceptors (Lipinski definition) is 4. The predicted octanol–water partition coefficient (Wildman–Crippen LogP) is 3.52. The van der Waals surface area contributed by atoms with Crippen LogP contribution in [0.15, 0.2) is 66.7 Å². The summed E-state index contributed by atoms with van der Waals surface area (Å²) >= 11 is 0. The number of amides is 4. The number of fused-ring (bicyclic) bond motifs is 1. The molecule has 0 spiro atoms. The summed E-state index contributed by atoms with van der Waals surface area (Å²) in [6, 6.07) is 15.3. The molecule has 3 aromatic carbocycles. The standard InChI is InChI=1S/C24H17F2N3O4/c25-14-8-9-19(20(26)12-14)22(31)27-11-10-21(30)28-15-4-3-5-16(13-15)29-23(32)17-6-1-2-7-18(17)24(29)33/h1-9,12-13H,10-11H2,(H,27,31)(H,28,30). The number of benzene rings is 3. The minimum atomic E-state index is -0.998. The molecule has 33 heavy (non-hydrogen) atoms. The summed E-state index contributed by atoms with van der Waals surface area (Å²) in [7, 11) is 0. The number of rotatable bonds is 6. The maximum Gasteiger partial charge on any atom is 0.266 e. The third-order valence-electron chi connectivity index (χ3n) is 5.00. The molecule has 0 aliphatic carbocycles. The second kappa shape index (κ2) is 8.99. The number of imide groups is 1. The third-order valence-corrected chi connectivity index (χ3v) is 5.00. The first kappa shape index (κ1) is 21.8. The molecule has 0 radical (unpaired) electrons. The lowest BCUT2D eigenvalue weighted by Gasteiger charge is -2.15. The van der Waals surface area contributed by atoms with Gasteiger partial charge in [0, 0.05) is 24.7 Å². The van der Waals surface area contributed by atoms with Crippen molar-refractivity contribution in [3.05, 3.63) is 95.1 Å². The molecule has 4 rings (SSSR count). The summed E-state index contributed by atoms with van der Waals surface area (Å²) in [5.41, 5.74) is 0.949. The van der Waals surface area contributed by atoms with Crippen LogP contribution in [-0.2, 0) is 4.79 Å². The van der Waals surface area contributed by atoms with Gasteiger partial charge in [-0.1, -0.05) is 18.2 Å². The van der Waals surface area contributed by atoms with Crippen LogP contribution in [0.4, 0.5) is 20.2 Å². The lowest BCUT2D eigenvalue weighted by atomic mass is 10.1. The van der Waals surface area contributed by atoms with Crippen molar-refractivity contribution < 1.29 is 28.0 Å². The normalized spacial score (nSPS) is 12.5. The molecule has 9 heteroatoms. The molecule has 2 N–H and O–H groups in total. The van der Waals surface area contributed by atoms with Crippen molar-refractivity contribution in [1.82, 2.24) is 5.32 Å². The van der Waals surface area contributed by atoms with Gasteiger partial charge in [0.15, 0.2) is 0 Å². The van der Waals surface area contributed by atoms with Crippen LogP contribution < -0.4 is 15.5 Å². The Morgan fingerprint density at radius 1 is 0.848 bits per heavy atom. The van der Waals surface area contributed by atoms with Gasteiger partial charge >= 0.3 is 0 Å². The Kier molecular flexibility index (Phi) is 5.95. The molecule has 0 saturated heterocycles. The number of nitrogens with one attached hydrogen (secondary N) is 2. The van der Waals surface area contributed by atoms with Gasteiger partial charge in [-0.05, 0) is 42.5 Å². The first-order valence-corrected chi connectivity index (χ1v) is 9.96. The van der Waals surface area contributed by atoms with Crippen LogP contribution in [0, 0.1) is 11.6 Å². The summed E-state index contributed by atoms with van der Waals surface area (Å²) in [6.45, 7) is -0.0837. The van der Waals surface area contributed by atoms with Crippen molar-refractivity contribution in [2.45, 2.75) is 6.42 Å². The molecule has 1 aliphatic rings. The smallest absolute Gasteiger partial charge is 0.266 e. The van der Waals surface area contributed by atoms with Gasteiger partial charge in [-0.2, -0.15) is 0 Å². The van der Waals surface area contributed by atoms with Gasteiger partial charge in [0.1, 0.15) is 11.6 Å². The molecular weight excluding hydrogens is 432 g/mol. The number of carbonyl (C=O) groups excluding carboxylic acids is 4. The number of carbonyl (C=O) groups is 4. The Hall–Kier alpha value is -4.40. The fourth-order valence-electron chi connectivity index (χ4n) is 3.43. The van der Waals surface area contributed by atoms with Gasteiger partial charge in [0.25, 0.3) is 17.7 Å². The molecule has 0 saturated carbocycles. The fourth-order valence-corrected chi connectivity index (χ4v) is 3.43. The summed E-state index contributed by atoms with van der Waals surface area (Å²) in [4.78, 5) is 50.5. The average molecular weight is 449 g/mol. The largest absolute Gasteiger partial charge is 0.351 e. The Bertz CT molecular complexity index is 1260. The van der Waals surface area contributed by atoms with Crippen molar-refractivity contribution in [3.63, 3.8) is 0 Å². The van der Waals surface area contributed by atoms with Crippen molar-refractivity contribution in [2.24, 2.45) is 0 Å². The van der Waals surface area contributed by atoms with Gasteiger partial charge in [0.2, 0.25) is 5.91 Å². The lowest BCUT2D eigenvalue weighted by Crippen LogP contribution is -2.29. The Morgan fingerprint density at radius 3 is 2.21 bits per heavy atom. The van der Waals surface area contributed by atoms with Crippen molar-refractivity contribution >= 4 is 35.0 Å². The molecule has 1 aliphatic heterocycles. The van der Waals surface area contributed by atoms with E-state index >= 15 is 0 Å². The maximum absolute atomic E-state index is 13.7. The van der Waals surface area contributed by atoms with E-state index in [0.717, 1.165) is 17.0 Å². The van der Waals surface area contributed by atoms with E-state index in [9.17, 15) is 28.0 Å². The zero-order chi connectivity index (χ0) is 23.5. The van der Waals surface area contributed by atoms with Gasteiger partial charge in [0.05, 0.1) is 22.4 Å². The molecule has 4 amide bonds. The van der Waals surface area contributed by atoms with Crippen LogP contribution in [0.5, 0.6) is 0 Å². The van der Waals surface area contributed by atoms with Crippen LogP contribution in [0.25, 0.3) is 0 Å². The monoisotopic (exact) mass is 449 g/mol. The van der Waals surface area contributed by atoms with Crippen molar-refractivity contribution in [1.29, 1.82) is 0 Å². The summed E-state index contributed by atoms with van der Waals surface area (Å²) in [6.07, 6.45) is -0.119. The Balaban J connectivity index is 1.36. The first-order valence-electron chi connectivity index (χ1n) is 9.96. The lowest BCUT2D eigenvalue weighted by molar-refractivity contribution is -0.116. The number of nitrogens with zero attached hydrogens (tertiary/aromatic N) is 1. The van der Waals surface area contributed by atoms with E-state index in [1.54, 1.807) is 42.5 Å². The molecule has 3 aromatic rings. The van der Waals surface area contributed by atoms with E-state index < -0.39 is 35.3 Å². The van der Waals surface area contributed by atoms with Crippen LogP contribution >= 0.6 is 0 Å².